The minimum atomic E-state index is -0.615. The van der Waals surface area contributed by atoms with E-state index in [1.807, 2.05) is 4.90 Å². The molecule has 1 aliphatic rings. The summed E-state index contributed by atoms with van der Waals surface area (Å²) in [4.78, 5) is 48.6. The molecule has 0 bridgehead atoms. The third-order valence-corrected chi connectivity index (χ3v) is 6.26. The highest BCUT2D eigenvalue weighted by molar-refractivity contribution is 6.02. The van der Waals surface area contributed by atoms with Crippen LogP contribution in [0.3, 0.4) is 0 Å². The molecule has 1 aromatic heterocycles. The van der Waals surface area contributed by atoms with Gasteiger partial charge in [0.25, 0.3) is 0 Å². The summed E-state index contributed by atoms with van der Waals surface area (Å²) in [5.41, 5.74) is 8.21. The number of carbonyl (C=O) groups is 3. The molecule has 40 heavy (non-hydrogen) atoms. The minimum absolute atomic E-state index is 0.110. The van der Waals surface area contributed by atoms with Crippen LogP contribution >= 0.6 is 0 Å². The quantitative estimate of drug-likeness (QED) is 0.318. The standard InChI is InChI=1S/C28H30N6O6/c1-38-22-16-20-21(17-23(22)39-2)31-28(32-27(20)29)34-14-12-33(13-15-34)25(36)10-6-18-4-7-19(8-5-18)30-24(35)9-11-26(37)40-3/h4-11,16-17H,12-15H2,1-3H3,(H,30,35)(H2,29,31,32)/b10-6+,11-9+. The van der Waals surface area contributed by atoms with Gasteiger partial charge in [0, 0.05) is 61.5 Å². The van der Waals surface area contributed by atoms with E-state index in [0.717, 1.165) is 17.7 Å². The first-order valence-corrected chi connectivity index (χ1v) is 12.4. The number of methoxy groups -OCH3 is 3. The summed E-state index contributed by atoms with van der Waals surface area (Å²) in [6, 6.07) is 10.5. The molecule has 2 amide bonds. The highest BCUT2D eigenvalue weighted by Gasteiger charge is 2.22. The van der Waals surface area contributed by atoms with Crippen molar-refractivity contribution in [3.8, 4) is 11.5 Å². The number of anilines is 3. The van der Waals surface area contributed by atoms with Gasteiger partial charge in [-0.15, -0.1) is 0 Å². The van der Waals surface area contributed by atoms with Crippen LogP contribution in [0.25, 0.3) is 17.0 Å². The Labute approximate surface area is 231 Å². The number of benzene rings is 2. The van der Waals surface area contributed by atoms with Crippen molar-refractivity contribution in [2.24, 2.45) is 0 Å². The van der Waals surface area contributed by atoms with Gasteiger partial charge in [0.1, 0.15) is 5.82 Å². The number of esters is 1. The smallest absolute Gasteiger partial charge is 0.330 e. The summed E-state index contributed by atoms with van der Waals surface area (Å²) < 4.78 is 15.2. The summed E-state index contributed by atoms with van der Waals surface area (Å²) in [6.07, 6.45) is 5.36. The van der Waals surface area contributed by atoms with Crippen molar-refractivity contribution in [2.75, 3.05) is 63.5 Å². The lowest BCUT2D eigenvalue weighted by Gasteiger charge is -2.34. The van der Waals surface area contributed by atoms with Crippen molar-refractivity contribution < 1.29 is 28.6 Å². The number of fused-ring (bicyclic) bond motifs is 1. The molecular weight excluding hydrogens is 516 g/mol. The summed E-state index contributed by atoms with van der Waals surface area (Å²) in [7, 11) is 4.35. The highest BCUT2D eigenvalue weighted by atomic mass is 16.5. The van der Waals surface area contributed by atoms with Crippen LogP contribution < -0.4 is 25.4 Å². The largest absolute Gasteiger partial charge is 0.493 e. The lowest BCUT2D eigenvalue weighted by atomic mass is 10.2. The number of nitrogens with two attached hydrogens (primary N) is 1. The zero-order chi connectivity index (χ0) is 28.6. The zero-order valence-corrected chi connectivity index (χ0v) is 22.4. The molecule has 208 valence electrons. The van der Waals surface area contributed by atoms with Crippen LogP contribution in [0.4, 0.5) is 17.5 Å². The lowest BCUT2D eigenvalue weighted by molar-refractivity contribution is -0.135. The molecular formula is C28H30N6O6. The van der Waals surface area contributed by atoms with Crippen LogP contribution in [0.1, 0.15) is 5.56 Å². The molecule has 0 saturated carbocycles. The molecule has 0 spiro atoms. The van der Waals surface area contributed by atoms with E-state index in [4.69, 9.17) is 15.2 Å². The van der Waals surface area contributed by atoms with Gasteiger partial charge in [-0.2, -0.15) is 4.98 Å². The number of amides is 2. The Morgan fingerprint density at radius 3 is 2.23 bits per heavy atom. The molecule has 2 heterocycles. The van der Waals surface area contributed by atoms with E-state index >= 15 is 0 Å². The molecule has 0 radical (unpaired) electrons. The molecule has 3 aromatic rings. The maximum atomic E-state index is 12.8. The van der Waals surface area contributed by atoms with Crippen LogP contribution in [-0.4, -0.2) is 80.2 Å². The fourth-order valence-electron chi connectivity index (χ4n) is 4.08. The Balaban J connectivity index is 1.33. The predicted octanol–water partition coefficient (Wildman–Crippen LogP) is 2.26. The number of hydrogen-bond donors (Lipinski definition) is 2. The van der Waals surface area contributed by atoms with Crippen molar-refractivity contribution in [3.63, 3.8) is 0 Å². The van der Waals surface area contributed by atoms with E-state index in [1.54, 1.807) is 61.6 Å². The average molecular weight is 547 g/mol. The monoisotopic (exact) mass is 546 g/mol. The van der Waals surface area contributed by atoms with Crippen molar-refractivity contribution in [1.29, 1.82) is 0 Å². The Morgan fingerprint density at radius 2 is 1.57 bits per heavy atom. The fraction of sp³-hybridized carbons (Fsp3) is 0.250. The number of nitrogens with zero attached hydrogens (tertiary/aromatic N) is 4. The molecule has 12 nitrogen and oxygen atoms in total. The maximum Gasteiger partial charge on any atom is 0.330 e. The molecule has 3 N–H and O–H groups in total. The molecule has 1 saturated heterocycles. The molecule has 1 aliphatic heterocycles. The first kappa shape index (κ1) is 27.9. The lowest BCUT2D eigenvalue weighted by Crippen LogP contribution is -2.48. The molecule has 0 aliphatic carbocycles. The number of hydrogen-bond acceptors (Lipinski definition) is 10. The van der Waals surface area contributed by atoms with Gasteiger partial charge in [0.15, 0.2) is 11.5 Å². The second kappa shape index (κ2) is 12.6. The topological polar surface area (TPSA) is 149 Å². The average Bonchev–Trinajstić information content (AvgIpc) is 2.98. The van der Waals surface area contributed by atoms with Gasteiger partial charge in [-0.1, -0.05) is 12.1 Å². The number of nitrogen functional groups attached to an aromatic ring is 1. The Morgan fingerprint density at radius 1 is 0.900 bits per heavy atom. The summed E-state index contributed by atoms with van der Waals surface area (Å²) >= 11 is 0. The van der Waals surface area contributed by atoms with E-state index < -0.39 is 11.9 Å². The Bertz CT molecular complexity index is 1460. The van der Waals surface area contributed by atoms with Crippen LogP contribution in [0.5, 0.6) is 11.5 Å². The summed E-state index contributed by atoms with van der Waals surface area (Å²) in [5.74, 6) is 0.745. The number of nitrogens with one attached hydrogen (secondary N) is 1. The van der Waals surface area contributed by atoms with Gasteiger partial charge in [0.2, 0.25) is 17.8 Å². The van der Waals surface area contributed by atoms with Crippen molar-refractivity contribution in [3.05, 3.63) is 60.2 Å². The van der Waals surface area contributed by atoms with Crippen LogP contribution in [-0.2, 0) is 19.1 Å². The van der Waals surface area contributed by atoms with Crippen molar-refractivity contribution in [2.45, 2.75) is 0 Å². The first-order chi connectivity index (χ1) is 19.3. The maximum absolute atomic E-state index is 12.8. The van der Waals surface area contributed by atoms with E-state index in [2.05, 4.69) is 20.0 Å². The number of ether oxygens (including phenoxy) is 3. The second-order valence-corrected chi connectivity index (χ2v) is 8.75. The molecule has 12 heteroatoms. The van der Waals surface area contributed by atoms with Crippen LogP contribution in [0, 0.1) is 0 Å². The number of piperazine rings is 1. The SMILES string of the molecule is COC(=O)/C=C/C(=O)Nc1ccc(/C=C/C(=O)N2CCN(c3nc(N)c4cc(OC)c(OC)cc4n3)CC2)cc1. The van der Waals surface area contributed by atoms with Gasteiger partial charge in [-0.05, 0) is 29.8 Å². The summed E-state index contributed by atoms with van der Waals surface area (Å²) in [6.45, 7) is 2.11. The number of aromatic nitrogens is 2. The molecule has 4 rings (SSSR count). The van der Waals surface area contributed by atoms with E-state index in [0.29, 0.717) is 66.0 Å². The Kier molecular flexibility index (Phi) is 8.79. The second-order valence-electron chi connectivity index (χ2n) is 8.75. The normalized spacial score (nSPS) is 13.6. The minimum Gasteiger partial charge on any atom is -0.493 e. The van der Waals surface area contributed by atoms with E-state index in [-0.39, 0.29) is 5.91 Å². The van der Waals surface area contributed by atoms with Gasteiger partial charge < -0.3 is 35.1 Å². The van der Waals surface area contributed by atoms with Gasteiger partial charge >= 0.3 is 5.97 Å². The number of carbonyl (C=O) groups excluding carboxylic acids is 3. The fourth-order valence-corrected chi connectivity index (χ4v) is 4.08. The van der Waals surface area contributed by atoms with Crippen molar-refractivity contribution >= 4 is 52.2 Å². The van der Waals surface area contributed by atoms with E-state index in [1.165, 1.54) is 13.2 Å². The van der Waals surface area contributed by atoms with Gasteiger partial charge in [-0.25, -0.2) is 9.78 Å². The van der Waals surface area contributed by atoms with E-state index in [9.17, 15) is 14.4 Å². The third kappa shape index (κ3) is 6.65. The van der Waals surface area contributed by atoms with Crippen molar-refractivity contribution in [1.82, 2.24) is 14.9 Å². The van der Waals surface area contributed by atoms with Gasteiger partial charge in [0.05, 0.1) is 26.8 Å². The molecule has 0 atom stereocenters. The van der Waals surface area contributed by atoms with Gasteiger partial charge in [-0.3, -0.25) is 9.59 Å². The van der Waals surface area contributed by atoms with Crippen LogP contribution in [0.15, 0.2) is 54.6 Å². The van der Waals surface area contributed by atoms with Crippen LogP contribution in [0.2, 0.25) is 0 Å². The molecule has 1 fully saturated rings. The third-order valence-electron chi connectivity index (χ3n) is 6.26. The molecule has 0 unspecified atom stereocenters. The molecule has 2 aromatic carbocycles. The number of rotatable bonds is 8. The highest BCUT2D eigenvalue weighted by Crippen LogP contribution is 2.34. The Hall–Kier alpha value is -5.13. The first-order valence-electron chi connectivity index (χ1n) is 12.4. The summed E-state index contributed by atoms with van der Waals surface area (Å²) in [5, 5.41) is 3.31. The predicted molar refractivity (Wildman–Crippen MR) is 151 cm³/mol. The zero-order valence-electron chi connectivity index (χ0n) is 22.4.